The molecule has 2 N–H and O–H groups in total. The van der Waals surface area contributed by atoms with Crippen LogP contribution in [0.3, 0.4) is 0 Å². The fourth-order valence-electron chi connectivity index (χ4n) is 2.00. The summed E-state index contributed by atoms with van der Waals surface area (Å²) in [5.74, 6) is -0.416. The molecule has 1 fully saturated rings. The Hall–Kier alpha value is -1.68. The molecule has 0 unspecified atom stereocenters. The maximum atomic E-state index is 12.5. The summed E-state index contributed by atoms with van der Waals surface area (Å²) in [7, 11) is 0. The van der Waals surface area contributed by atoms with E-state index in [-0.39, 0.29) is 11.6 Å². The van der Waals surface area contributed by atoms with Crippen LogP contribution in [0.15, 0.2) is 5.38 Å². The highest BCUT2D eigenvalue weighted by molar-refractivity contribution is 7.09. The molecule has 0 radical (unpaired) electrons. The predicted octanol–water partition coefficient (Wildman–Crippen LogP) is 1.75. The number of nitrogens with one attached hydrogen (secondary N) is 2. The summed E-state index contributed by atoms with van der Waals surface area (Å²) in [4.78, 5) is 27.9. The SMILES string of the molecule is CC[C@H](NCC(=O)N1CCNC1=O)c1nc(C(F)(F)F)cs1. The molecule has 1 atom stereocenters. The van der Waals surface area contributed by atoms with Crippen molar-refractivity contribution in [1.82, 2.24) is 20.5 Å². The zero-order chi connectivity index (χ0) is 16.3. The molecular weight excluding hydrogens is 321 g/mol. The summed E-state index contributed by atoms with van der Waals surface area (Å²) < 4.78 is 37.6. The summed E-state index contributed by atoms with van der Waals surface area (Å²) in [5, 5.41) is 6.59. The van der Waals surface area contributed by atoms with Gasteiger partial charge in [-0.05, 0) is 6.42 Å². The molecule has 10 heteroatoms. The number of thiazole rings is 1. The lowest BCUT2D eigenvalue weighted by atomic mass is 10.2. The van der Waals surface area contributed by atoms with E-state index in [1.54, 1.807) is 6.92 Å². The Morgan fingerprint density at radius 3 is 2.82 bits per heavy atom. The molecule has 0 saturated carbocycles. The van der Waals surface area contributed by atoms with Crippen LogP contribution in [0, 0.1) is 0 Å². The average molecular weight is 336 g/mol. The Bertz CT molecular complexity index is 561. The van der Waals surface area contributed by atoms with E-state index in [0.29, 0.717) is 19.5 Å². The molecule has 122 valence electrons. The van der Waals surface area contributed by atoms with Crippen LogP contribution < -0.4 is 10.6 Å². The van der Waals surface area contributed by atoms with E-state index >= 15 is 0 Å². The van der Waals surface area contributed by atoms with E-state index in [0.717, 1.165) is 21.6 Å². The second kappa shape index (κ2) is 6.61. The zero-order valence-corrected chi connectivity index (χ0v) is 12.6. The van der Waals surface area contributed by atoms with Gasteiger partial charge in [-0.3, -0.25) is 15.0 Å². The minimum absolute atomic E-state index is 0.132. The van der Waals surface area contributed by atoms with Gasteiger partial charge in [0, 0.05) is 18.5 Å². The predicted molar refractivity (Wildman–Crippen MR) is 73.3 cm³/mol. The van der Waals surface area contributed by atoms with Crippen LogP contribution in [0.5, 0.6) is 0 Å². The highest BCUT2D eigenvalue weighted by Crippen LogP contribution is 2.32. The van der Waals surface area contributed by atoms with Crippen molar-refractivity contribution in [1.29, 1.82) is 0 Å². The number of urea groups is 1. The number of rotatable bonds is 5. The van der Waals surface area contributed by atoms with Crippen molar-refractivity contribution in [3.63, 3.8) is 0 Å². The number of nitrogens with zero attached hydrogens (tertiary/aromatic N) is 2. The number of imide groups is 1. The molecule has 6 nitrogen and oxygen atoms in total. The molecule has 0 aliphatic carbocycles. The molecule has 0 spiro atoms. The molecule has 1 saturated heterocycles. The fourth-order valence-corrected chi connectivity index (χ4v) is 2.98. The zero-order valence-electron chi connectivity index (χ0n) is 11.7. The quantitative estimate of drug-likeness (QED) is 0.859. The molecule has 2 rings (SSSR count). The molecule has 1 aliphatic heterocycles. The largest absolute Gasteiger partial charge is 0.434 e. The maximum absolute atomic E-state index is 12.5. The van der Waals surface area contributed by atoms with Gasteiger partial charge >= 0.3 is 12.2 Å². The molecule has 1 aromatic rings. The van der Waals surface area contributed by atoms with Crippen molar-refractivity contribution in [2.45, 2.75) is 25.6 Å². The Morgan fingerprint density at radius 2 is 2.32 bits per heavy atom. The number of amides is 3. The Kier molecular flexibility index (Phi) is 5.01. The number of aromatic nitrogens is 1. The van der Waals surface area contributed by atoms with E-state index < -0.39 is 29.9 Å². The van der Waals surface area contributed by atoms with Gasteiger partial charge in [0.05, 0.1) is 12.6 Å². The average Bonchev–Trinajstić information content (AvgIpc) is 3.07. The lowest BCUT2D eigenvalue weighted by molar-refractivity contribution is -0.140. The summed E-state index contributed by atoms with van der Waals surface area (Å²) >= 11 is 0.896. The van der Waals surface area contributed by atoms with E-state index in [1.807, 2.05) is 0 Å². The summed E-state index contributed by atoms with van der Waals surface area (Å²) in [6.45, 7) is 2.35. The Balaban J connectivity index is 1.96. The van der Waals surface area contributed by atoms with Crippen LogP contribution in [-0.2, 0) is 11.0 Å². The van der Waals surface area contributed by atoms with Gasteiger partial charge in [0.25, 0.3) is 0 Å². The smallest absolute Gasteiger partial charge is 0.336 e. The van der Waals surface area contributed by atoms with Crippen LogP contribution in [0.1, 0.15) is 30.1 Å². The van der Waals surface area contributed by atoms with Crippen LogP contribution in [0.25, 0.3) is 0 Å². The highest BCUT2D eigenvalue weighted by atomic mass is 32.1. The van der Waals surface area contributed by atoms with Crippen molar-refractivity contribution < 1.29 is 22.8 Å². The summed E-state index contributed by atoms with van der Waals surface area (Å²) in [5.41, 5.74) is -0.932. The first-order valence-corrected chi connectivity index (χ1v) is 7.55. The Labute approximate surface area is 128 Å². The Morgan fingerprint density at radius 1 is 1.59 bits per heavy atom. The molecule has 3 amide bonds. The second-order valence-corrected chi connectivity index (χ2v) is 5.58. The first-order valence-electron chi connectivity index (χ1n) is 6.67. The van der Waals surface area contributed by atoms with E-state index in [4.69, 9.17) is 0 Å². The number of halogens is 3. The first kappa shape index (κ1) is 16.7. The van der Waals surface area contributed by atoms with E-state index in [1.165, 1.54) is 0 Å². The maximum Gasteiger partial charge on any atom is 0.434 e. The standard InChI is InChI=1S/C12H15F3N4O2S/c1-2-7(10-18-8(6-22-10)12(13,14)15)17-5-9(20)19-4-3-16-11(19)21/h6-7,17H,2-5H2,1H3,(H,16,21)/t7-/m0/s1. The summed E-state index contributed by atoms with van der Waals surface area (Å²) in [6, 6.07) is -0.913. The molecule has 22 heavy (non-hydrogen) atoms. The fraction of sp³-hybridized carbons (Fsp3) is 0.583. The van der Waals surface area contributed by atoms with Crippen molar-refractivity contribution >= 4 is 23.3 Å². The van der Waals surface area contributed by atoms with Crippen LogP contribution in [0.2, 0.25) is 0 Å². The number of carbonyl (C=O) groups excluding carboxylic acids is 2. The monoisotopic (exact) mass is 336 g/mol. The molecule has 1 aliphatic rings. The third kappa shape index (κ3) is 3.74. The minimum atomic E-state index is -4.48. The van der Waals surface area contributed by atoms with Crippen molar-refractivity contribution in [3.8, 4) is 0 Å². The van der Waals surface area contributed by atoms with Gasteiger partial charge in [0.2, 0.25) is 5.91 Å². The lowest BCUT2D eigenvalue weighted by Gasteiger charge is -2.17. The molecular formula is C12H15F3N4O2S. The second-order valence-electron chi connectivity index (χ2n) is 4.69. The van der Waals surface area contributed by atoms with Crippen molar-refractivity contribution in [3.05, 3.63) is 16.1 Å². The van der Waals surface area contributed by atoms with Gasteiger partial charge in [-0.1, -0.05) is 6.92 Å². The van der Waals surface area contributed by atoms with Crippen molar-refractivity contribution in [2.75, 3.05) is 19.6 Å². The van der Waals surface area contributed by atoms with Gasteiger partial charge in [-0.25, -0.2) is 9.78 Å². The highest BCUT2D eigenvalue weighted by Gasteiger charge is 2.34. The number of carbonyl (C=O) groups is 2. The normalized spacial score (nSPS) is 16.7. The topological polar surface area (TPSA) is 74.3 Å². The van der Waals surface area contributed by atoms with Gasteiger partial charge in [-0.2, -0.15) is 13.2 Å². The van der Waals surface area contributed by atoms with Gasteiger partial charge < -0.3 is 5.32 Å². The molecule has 1 aromatic heterocycles. The van der Waals surface area contributed by atoms with Crippen LogP contribution in [-0.4, -0.2) is 41.5 Å². The van der Waals surface area contributed by atoms with E-state index in [2.05, 4.69) is 15.6 Å². The van der Waals surface area contributed by atoms with E-state index in [9.17, 15) is 22.8 Å². The molecule has 0 bridgehead atoms. The molecule has 2 heterocycles. The third-order valence-corrected chi connectivity index (χ3v) is 4.13. The van der Waals surface area contributed by atoms with Gasteiger partial charge in [0.15, 0.2) is 5.69 Å². The van der Waals surface area contributed by atoms with Gasteiger partial charge in [0.1, 0.15) is 5.01 Å². The van der Waals surface area contributed by atoms with Crippen molar-refractivity contribution in [2.24, 2.45) is 0 Å². The number of alkyl halides is 3. The summed E-state index contributed by atoms with van der Waals surface area (Å²) in [6.07, 6.45) is -4.00. The van der Waals surface area contributed by atoms with Crippen LogP contribution in [0.4, 0.5) is 18.0 Å². The minimum Gasteiger partial charge on any atom is -0.336 e. The molecule has 0 aromatic carbocycles. The van der Waals surface area contributed by atoms with Gasteiger partial charge in [-0.15, -0.1) is 11.3 Å². The third-order valence-electron chi connectivity index (χ3n) is 3.18. The lowest BCUT2D eigenvalue weighted by Crippen LogP contribution is -2.41. The first-order chi connectivity index (χ1) is 10.3. The number of hydrogen-bond donors (Lipinski definition) is 2. The number of hydrogen-bond acceptors (Lipinski definition) is 5. The van der Waals surface area contributed by atoms with Crippen LogP contribution >= 0.6 is 11.3 Å².